The van der Waals surface area contributed by atoms with Gasteiger partial charge in [0.15, 0.2) is 11.2 Å². The van der Waals surface area contributed by atoms with Crippen LogP contribution in [0.25, 0.3) is 22.0 Å². The lowest BCUT2D eigenvalue weighted by molar-refractivity contribution is -0.118. The first-order valence-electron chi connectivity index (χ1n) is 15.5. The lowest BCUT2D eigenvalue weighted by atomic mass is 10.0. The van der Waals surface area contributed by atoms with Crippen LogP contribution in [0.3, 0.4) is 0 Å². The summed E-state index contributed by atoms with van der Waals surface area (Å²) in [6.45, 7) is 8.86. The van der Waals surface area contributed by atoms with Gasteiger partial charge in [-0.15, -0.1) is 11.3 Å². The van der Waals surface area contributed by atoms with Crippen LogP contribution >= 0.6 is 34.5 Å². The van der Waals surface area contributed by atoms with E-state index in [1.807, 2.05) is 56.5 Å². The molecule has 47 heavy (non-hydrogen) atoms. The largest absolute Gasteiger partial charge is 0.444 e. The van der Waals surface area contributed by atoms with Crippen molar-refractivity contribution in [2.24, 2.45) is 0 Å². The summed E-state index contributed by atoms with van der Waals surface area (Å²) in [5.74, 6) is -0.271. The highest BCUT2D eigenvalue weighted by Crippen LogP contribution is 2.36. The number of amides is 2. The summed E-state index contributed by atoms with van der Waals surface area (Å²) in [5.41, 5.74) is 4.46. The molecule has 7 rings (SSSR count). The van der Waals surface area contributed by atoms with Crippen molar-refractivity contribution in [3.8, 4) is 11.1 Å². The third-order valence-electron chi connectivity index (χ3n) is 8.37. The molecule has 0 spiro atoms. The van der Waals surface area contributed by atoms with Crippen LogP contribution in [0.4, 0.5) is 15.6 Å². The third kappa shape index (κ3) is 6.41. The number of halogens is 2. The number of imidazole rings is 1. The normalized spacial score (nSPS) is 15.6. The fourth-order valence-corrected chi connectivity index (χ4v) is 7.25. The first-order chi connectivity index (χ1) is 22.5. The molecular weight excluding hydrogens is 659 g/mol. The Bertz CT molecular complexity index is 1960. The molecule has 0 aliphatic carbocycles. The van der Waals surface area contributed by atoms with Crippen LogP contribution in [0.5, 0.6) is 0 Å². The summed E-state index contributed by atoms with van der Waals surface area (Å²) in [6.07, 6.45) is 6.81. The molecule has 2 aliphatic rings. The Morgan fingerprint density at radius 3 is 2.51 bits per heavy atom. The van der Waals surface area contributed by atoms with Gasteiger partial charge in [-0.25, -0.2) is 14.8 Å². The maximum Gasteiger partial charge on any atom is 0.410 e. The summed E-state index contributed by atoms with van der Waals surface area (Å²) in [7, 11) is 0. The molecule has 1 saturated heterocycles. The molecule has 11 nitrogen and oxygen atoms in total. The molecule has 5 heterocycles. The standard InChI is InChI=1S/C33H34Cl2N8O3S/c1-33(2,3)46-32(45)41-12-10-40(11-13-41)26-7-6-20(15-24(26)35)21-16-23(34)22-18-43(39-25(22)17-21)29(30(44)38-31-36-8-14-47-31)28-27-5-4-9-42(27)19-37-28/h6-8,14-19,29H,4-5,9-13H2,1-3H3,(H,36,38,44). The van der Waals surface area contributed by atoms with Gasteiger partial charge in [-0.3, -0.25) is 14.8 Å². The molecule has 2 amide bonds. The Kier molecular flexibility index (Phi) is 8.35. The number of fused-ring (bicyclic) bond motifs is 2. The number of nitrogens with zero attached hydrogens (tertiary/aromatic N) is 7. The number of piperazine rings is 1. The van der Waals surface area contributed by atoms with Gasteiger partial charge in [-0.05, 0) is 69.0 Å². The zero-order chi connectivity index (χ0) is 32.9. The minimum absolute atomic E-state index is 0.271. The second-order valence-electron chi connectivity index (χ2n) is 12.7. The van der Waals surface area contributed by atoms with Gasteiger partial charge < -0.3 is 19.1 Å². The van der Waals surface area contributed by atoms with Gasteiger partial charge in [-0.2, -0.15) is 5.10 Å². The SMILES string of the molecule is CC(C)(C)OC(=O)N1CCN(c2ccc(-c3cc(Cl)c4cn(C(C(=O)Nc5nccs5)c5ncn6c5CCC6)nc4c3)cc2Cl)CC1. The molecule has 5 aromatic rings. The van der Waals surface area contributed by atoms with Crippen molar-refractivity contribution in [1.29, 1.82) is 0 Å². The van der Waals surface area contributed by atoms with E-state index in [0.717, 1.165) is 47.3 Å². The first kappa shape index (κ1) is 31.5. The molecule has 1 fully saturated rings. The lowest BCUT2D eigenvalue weighted by Crippen LogP contribution is -2.50. The van der Waals surface area contributed by atoms with Gasteiger partial charge in [0.25, 0.3) is 5.91 Å². The van der Waals surface area contributed by atoms with Gasteiger partial charge in [0.2, 0.25) is 0 Å². The average Bonchev–Trinajstić information content (AvgIpc) is 3.83. The molecule has 0 saturated carbocycles. The maximum absolute atomic E-state index is 13.7. The van der Waals surface area contributed by atoms with Crippen molar-refractivity contribution < 1.29 is 14.3 Å². The van der Waals surface area contributed by atoms with E-state index in [-0.39, 0.29) is 12.0 Å². The van der Waals surface area contributed by atoms with E-state index in [9.17, 15) is 9.59 Å². The molecule has 2 aromatic carbocycles. The first-order valence-corrected chi connectivity index (χ1v) is 17.1. The fraction of sp³-hybridized carbons (Fsp3) is 0.364. The van der Waals surface area contributed by atoms with E-state index < -0.39 is 11.6 Å². The number of aromatic nitrogens is 5. The van der Waals surface area contributed by atoms with Gasteiger partial charge in [0, 0.05) is 61.6 Å². The van der Waals surface area contributed by atoms with E-state index in [2.05, 4.69) is 24.8 Å². The van der Waals surface area contributed by atoms with Gasteiger partial charge in [0.05, 0.1) is 33.3 Å². The number of anilines is 2. The smallest absolute Gasteiger partial charge is 0.410 e. The number of carbonyl (C=O) groups is 2. The van der Waals surface area contributed by atoms with E-state index in [1.54, 1.807) is 28.3 Å². The van der Waals surface area contributed by atoms with Gasteiger partial charge in [-0.1, -0.05) is 29.3 Å². The summed E-state index contributed by atoms with van der Waals surface area (Å²) < 4.78 is 9.28. The number of hydrogen-bond donors (Lipinski definition) is 1. The number of rotatable bonds is 6. The maximum atomic E-state index is 13.7. The Labute approximate surface area is 286 Å². The van der Waals surface area contributed by atoms with Crippen molar-refractivity contribution in [2.75, 3.05) is 36.4 Å². The minimum Gasteiger partial charge on any atom is -0.444 e. The second kappa shape index (κ2) is 12.5. The quantitative estimate of drug-likeness (QED) is 0.206. The molecule has 1 N–H and O–H groups in total. The van der Waals surface area contributed by atoms with Crippen LogP contribution in [-0.2, 0) is 22.5 Å². The Balaban J connectivity index is 1.14. The zero-order valence-corrected chi connectivity index (χ0v) is 28.6. The summed E-state index contributed by atoms with van der Waals surface area (Å²) in [5, 5.41) is 12.0. The Morgan fingerprint density at radius 2 is 1.79 bits per heavy atom. The van der Waals surface area contributed by atoms with E-state index in [1.165, 1.54) is 11.3 Å². The molecule has 1 unspecified atom stereocenters. The van der Waals surface area contributed by atoms with Gasteiger partial charge >= 0.3 is 6.09 Å². The monoisotopic (exact) mass is 692 g/mol. The predicted octanol–water partition coefficient (Wildman–Crippen LogP) is 6.89. The molecule has 14 heteroatoms. The fourth-order valence-electron chi connectivity index (χ4n) is 6.16. The molecule has 1 atom stereocenters. The molecule has 0 bridgehead atoms. The summed E-state index contributed by atoms with van der Waals surface area (Å²) >= 11 is 15.0. The van der Waals surface area contributed by atoms with Crippen molar-refractivity contribution in [2.45, 2.75) is 51.8 Å². The molecule has 3 aromatic heterocycles. The number of thiazole rings is 1. The van der Waals surface area contributed by atoms with Crippen molar-refractivity contribution in [1.82, 2.24) is 29.2 Å². The zero-order valence-electron chi connectivity index (χ0n) is 26.2. The van der Waals surface area contributed by atoms with Crippen molar-refractivity contribution >= 4 is 68.3 Å². The number of carbonyl (C=O) groups excluding carboxylic acids is 2. The Morgan fingerprint density at radius 1 is 1.00 bits per heavy atom. The second-order valence-corrected chi connectivity index (χ2v) is 14.4. The third-order valence-corrected chi connectivity index (χ3v) is 9.67. The molecular formula is C33H34Cl2N8O3S. The molecule has 0 radical (unpaired) electrons. The van der Waals surface area contributed by atoms with Crippen molar-refractivity contribution in [3.05, 3.63) is 75.9 Å². The van der Waals surface area contributed by atoms with E-state index >= 15 is 0 Å². The number of aryl methyl sites for hydroxylation is 1. The van der Waals surface area contributed by atoms with E-state index in [4.69, 9.17) is 33.0 Å². The number of ether oxygens (including phenoxy) is 1. The number of nitrogens with one attached hydrogen (secondary N) is 1. The predicted molar refractivity (Wildman–Crippen MR) is 185 cm³/mol. The van der Waals surface area contributed by atoms with E-state index in [0.29, 0.717) is 52.6 Å². The highest BCUT2D eigenvalue weighted by Gasteiger charge is 2.32. The highest BCUT2D eigenvalue weighted by molar-refractivity contribution is 7.13. The Hall–Kier alpha value is -4.13. The summed E-state index contributed by atoms with van der Waals surface area (Å²) in [4.78, 5) is 39.0. The van der Waals surface area contributed by atoms with Gasteiger partial charge in [0.1, 0.15) is 5.60 Å². The van der Waals surface area contributed by atoms with Crippen LogP contribution < -0.4 is 10.2 Å². The minimum atomic E-state index is -0.801. The van der Waals surface area contributed by atoms with Crippen LogP contribution in [0.2, 0.25) is 10.0 Å². The van der Waals surface area contributed by atoms with Crippen LogP contribution in [0.1, 0.15) is 44.6 Å². The molecule has 2 aliphatic heterocycles. The number of benzene rings is 2. The highest BCUT2D eigenvalue weighted by atomic mass is 35.5. The lowest BCUT2D eigenvalue weighted by Gasteiger charge is -2.37. The number of hydrogen-bond acceptors (Lipinski definition) is 8. The van der Waals surface area contributed by atoms with Crippen LogP contribution in [0.15, 0.2) is 54.4 Å². The molecule has 244 valence electrons. The average molecular weight is 694 g/mol. The topological polar surface area (TPSA) is 110 Å². The van der Waals surface area contributed by atoms with Crippen molar-refractivity contribution in [3.63, 3.8) is 0 Å². The van der Waals surface area contributed by atoms with Crippen LogP contribution in [-0.4, -0.2) is 73.0 Å². The summed E-state index contributed by atoms with van der Waals surface area (Å²) in [6, 6.07) is 8.97. The van der Waals surface area contributed by atoms with Crippen LogP contribution in [0, 0.1) is 0 Å².